The zero-order valence-electron chi connectivity index (χ0n) is 15.8. The number of carbonyl (C=O) groups is 1. The van der Waals surface area contributed by atoms with Crippen LogP contribution in [0.4, 0.5) is 14.5 Å². The second kappa shape index (κ2) is 9.46. The fourth-order valence-corrected chi connectivity index (χ4v) is 3.22. The van der Waals surface area contributed by atoms with Crippen molar-refractivity contribution in [1.29, 1.82) is 0 Å². The van der Waals surface area contributed by atoms with Gasteiger partial charge in [-0.05, 0) is 36.3 Å². The van der Waals surface area contributed by atoms with Crippen LogP contribution in [0.3, 0.4) is 0 Å². The van der Waals surface area contributed by atoms with Gasteiger partial charge in [0, 0.05) is 30.4 Å². The van der Waals surface area contributed by atoms with Crippen molar-refractivity contribution in [3.8, 4) is 0 Å². The molecule has 0 saturated carbocycles. The summed E-state index contributed by atoms with van der Waals surface area (Å²) in [6.07, 6.45) is 3.22. The molecule has 28 heavy (non-hydrogen) atoms. The molecule has 1 atom stereocenters. The number of morpholine rings is 1. The quantitative estimate of drug-likeness (QED) is 0.761. The molecule has 1 fully saturated rings. The van der Waals surface area contributed by atoms with Crippen molar-refractivity contribution in [2.45, 2.75) is 19.4 Å². The van der Waals surface area contributed by atoms with Crippen LogP contribution in [0.25, 0.3) is 6.08 Å². The number of halogens is 2. The molecule has 1 unspecified atom stereocenters. The molecule has 1 aliphatic rings. The predicted molar refractivity (Wildman–Crippen MR) is 106 cm³/mol. The lowest BCUT2D eigenvalue weighted by molar-refractivity contribution is -0.117. The Balaban J connectivity index is 1.69. The van der Waals surface area contributed by atoms with Crippen LogP contribution in [0.5, 0.6) is 0 Å². The lowest BCUT2D eigenvalue weighted by Crippen LogP contribution is -2.36. The highest BCUT2D eigenvalue weighted by Gasteiger charge is 2.15. The van der Waals surface area contributed by atoms with E-state index in [0.29, 0.717) is 19.6 Å². The Morgan fingerprint density at radius 3 is 2.71 bits per heavy atom. The molecule has 1 saturated heterocycles. The maximum atomic E-state index is 13.7. The number of carbonyl (C=O) groups excluding carboxylic acids is 1. The highest BCUT2D eigenvalue weighted by Crippen LogP contribution is 2.23. The second-order valence-corrected chi connectivity index (χ2v) is 6.64. The summed E-state index contributed by atoms with van der Waals surface area (Å²) in [6.45, 7) is 5.09. The minimum Gasteiger partial charge on any atom is -0.378 e. The largest absolute Gasteiger partial charge is 0.378 e. The van der Waals surface area contributed by atoms with E-state index in [-0.39, 0.29) is 17.5 Å². The first kappa shape index (κ1) is 20.0. The molecule has 1 aliphatic heterocycles. The topological polar surface area (TPSA) is 41.6 Å². The zero-order chi connectivity index (χ0) is 19.9. The molecule has 1 N–H and O–H groups in total. The molecular weight excluding hydrogens is 362 g/mol. The standard InChI is InChI=1S/C22H24F2N2O2/c1-2-20(17-6-3-7-18(15-17)26-11-13-28-14-12-26)25-21(27)10-9-16-5-4-8-19(23)22(16)24/h3-10,15,20H,2,11-14H2,1H3,(H,25,27). The van der Waals surface area contributed by atoms with Crippen molar-refractivity contribution in [3.05, 3.63) is 71.3 Å². The summed E-state index contributed by atoms with van der Waals surface area (Å²) in [4.78, 5) is 14.6. The molecule has 0 radical (unpaired) electrons. The van der Waals surface area contributed by atoms with Crippen LogP contribution in [-0.2, 0) is 9.53 Å². The summed E-state index contributed by atoms with van der Waals surface area (Å²) in [6, 6.07) is 11.8. The Bertz CT molecular complexity index is 848. The van der Waals surface area contributed by atoms with Crippen LogP contribution in [0.15, 0.2) is 48.5 Å². The van der Waals surface area contributed by atoms with Gasteiger partial charge in [0.25, 0.3) is 0 Å². The van der Waals surface area contributed by atoms with Gasteiger partial charge in [0.05, 0.1) is 19.3 Å². The first-order valence-electron chi connectivity index (χ1n) is 9.43. The van der Waals surface area contributed by atoms with E-state index in [0.717, 1.165) is 30.4 Å². The van der Waals surface area contributed by atoms with Crippen molar-refractivity contribution >= 4 is 17.7 Å². The molecule has 1 heterocycles. The van der Waals surface area contributed by atoms with E-state index < -0.39 is 11.6 Å². The average molecular weight is 386 g/mol. The third-order valence-electron chi connectivity index (χ3n) is 4.77. The highest BCUT2D eigenvalue weighted by molar-refractivity contribution is 5.92. The zero-order valence-corrected chi connectivity index (χ0v) is 15.8. The van der Waals surface area contributed by atoms with E-state index in [1.54, 1.807) is 0 Å². The maximum Gasteiger partial charge on any atom is 0.244 e. The summed E-state index contributed by atoms with van der Waals surface area (Å²) in [7, 11) is 0. The molecule has 2 aromatic carbocycles. The number of hydrogen-bond donors (Lipinski definition) is 1. The van der Waals surface area contributed by atoms with E-state index in [1.165, 1.54) is 24.3 Å². The van der Waals surface area contributed by atoms with Crippen molar-refractivity contribution < 1.29 is 18.3 Å². The molecule has 1 amide bonds. The van der Waals surface area contributed by atoms with Crippen LogP contribution in [0.1, 0.15) is 30.5 Å². The summed E-state index contributed by atoms with van der Waals surface area (Å²) >= 11 is 0. The van der Waals surface area contributed by atoms with E-state index in [4.69, 9.17) is 4.74 Å². The third-order valence-corrected chi connectivity index (χ3v) is 4.77. The van der Waals surface area contributed by atoms with Crippen LogP contribution in [0, 0.1) is 11.6 Å². The number of benzene rings is 2. The van der Waals surface area contributed by atoms with Gasteiger partial charge in [0.15, 0.2) is 11.6 Å². The van der Waals surface area contributed by atoms with Gasteiger partial charge in [-0.2, -0.15) is 0 Å². The van der Waals surface area contributed by atoms with E-state index in [9.17, 15) is 13.6 Å². The molecule has 0 aliphatic carbocycles. The number of rotatable bonds is 6. The summed E-state index contributed by atoms with van der Waals surface area (Å²) in [5.74, 6) is -2.25. The van der Waals surface area contributed by atoms with Crippen LogP contribution >= 0.6 is 0 Å². The van der Waals surface area contributed by atoms with Gasteiger partial charge >= 0.3 is 0 Å². The summed E-state index contributed by atoms with van der Waals surface area (Å²) < 4.78 is 32.4. The third kappa shape index (κ3) is 4.95. The number of nitrogens with zero attached hydrogens (tertiary/aromatic N) is 1. The Morgan fingerprint density at radius 2 is 1.96 bits per heavy atom. The van der Waals surface area contributed by atoms with Gasteiger partial charge in [-0.1, -0.05) is 31.2 Å². The number of ether oxygens (including phenoxy) is 1. The Morgan fingerprint density at radius 1 is 1.21 bits per heavy atom. The monoisotopic (exact) mass is 386 g/mol. The van der Waals surface area contributed by atoms with Crippen molar-refractivity contribution in [1.82, 2.24) is 5.32 Å². The summed E-state index contributed by atoms with van der Waals surface area (Å²) in [5.41, 5.74) is 2.15. The van der Waals surface area contributed by atoms with Gasteiger partial charge in [0.1, 0.15) is 0 Å². The number of anilines is 1. The Kier molecular flexibility index (Phi) is 6.76. The summed E-state index contributed by atoms with van der Waals surface area (Å²) in [5, 5.41) is 2.93. The molecule has 6 heteroatoms. The normalized spacial score (nSPS) is 15.6. The van der Waals surface area contributed by atoms with Gasteiger partial charge in [0.2, 0.25) is 5.91 Å². The molecule has 0 spiro atoms. The van der Waals surface area contributed by atoms with Gasteiger partial charge < -0.3 is 15.0 Å². The van der Waals surface area contributed by atoms with Crippen molar-refractivity contribution in [2.24, 2.45) is 0 Å². The molecule has 148 valence electrons. The minimum atomic E-state index is -0.961. The SMILES string of the molecule is CCC(NC(=O)C=Cc1cccc(F)c1F)c1cccc(N2CCOCC2)c1. The van der Waals surface area contributed by atoms with Crippen molar-refractivity contribution in [3.63, 3.8) is 0 Å². The first-order chi connectivity index (χ1) is 13.6. The molecular formula is C22H24F2N2O2. The fraction of sp³-hybridized carbons (Fsp3) is 0.318. The Hall–Kier alpha value is -2.73. The fourth-order valence-electron chi connectivity index (χ4n) is 3.22. The van der Waals surface area contributed by atoms with E-state index >= 15 is 0 Å². The van der Waals surface area contributed by atoms with Gasteiger partial charge in [-0.25, -0.2) is 8.78 Å². The van der Waals surface area contributed by atoms with E-state index in [1.807, 2.05) is 19.1 Å². The molecule has 4 nitrogen and oxygen atoms in total. The lowest BCUT2D eigenvalue weighted by atomic mass is 10.0. The molecule has 0 aromatic heterocycles. The predicted octanol–water partition coefficient (Wildman–Crippen LogP) is 4.08. The van der Waals surface area contributed by atoms with Crippen molar-refractivity contribution in [2.75, 3.05) is 31.2 Å². The number of amides is 1. The van der Waals surface area contributed by atoms with Crippen LogP contribution in [-0.4, -0.2) is 32.2 Å². The highest BCUT2D eigenvalue weighted by atomic mass is 19.2. The van der Waals surface area contributed by atoms with Gasteiger partial charge in [-0.3, -0.25) is 4.79 Å². The molecule has 3 rings (SSSR count). The number of nitrogens with one attached hydrogen (secondary N) is 1. The van der Waals surface area contributed by atoms with Crippen LogP contribution < -0.4 is 10.2 Å². The average Bonchev–Trinajstić information content (AvgIpc) is 2.74. The lowest BCUT2D eigenvalue weighted by Gasteiger charge is -2.29. The maximum absolute atomic E-state index is 13.7. The first-order valence-corrected chi connectivity index (χ1v) is 9.43. The molecule has 0 bridgehead atoms. The van der Waals surface area contributed by atoms with Crippen LogP contribution in [0.2, 0.25) is 0 Å². The number of hydrogen-bond acceptors (Lipinski definition) is 3. The second-order valence-electron chi connectivity index (χ2n) is 6.64. The van der Waals surface area contributed by atoms with Gasteiger partial charge in [-0.15, -0.1) is 0 Å². The molecule has 2 aromatic rings. The minimum absolute atomic E-state index is 0.0394. The Labute approximate surface area is 163 Å². The smallest absolute Gasteiger partial charge is 0.244 e. The van der Waals surface area contributed by atoms with E-state index in [2.05, 4.69) is 22.3 Å².